The van der Waals surface area contributed by atoms with Crippen LogP contribution in [0.15, 0.2) is 55.0 Å². The van der Waals surface area contributed by atoms with Crippen molar-refractivity contribution < 1.29 is 18.6 Å². The van der Waals surface area contributed by atoms with Gasteiger partial charge >= 0.3 is 6.01 Å². The quantitative estimate of drug-likeness (QED) is 0.243. The summed E-state index contributed by atoms with van der Waals surface area (Å²) in [5.74, 6) is -1.16. The maximum absolute atomic E-state index is 16.7. The molecule has 1 N–H and O–H groups in total. The second kappa shape index (κ2) is 12.7. The average molecular weight is 648 g/mol. The van der Waals surface area contributed by atoms with E-state index in [1.807, 2.05) is 29.2 Å². The number of piperazine rings is 1. The summed E-state index contributed by atoms with van der Waals surface area (Å²) in [6, 6.07) is 12.8. The van der Waals surface area contributed by atoms with Crippen molar-refractivity contribution in [3.8, 4) is 23.3 Å². The van der Waals surface area contributed by atoms with Gasteiger partial charge in [0.05, 0.1) is 17.9 Å². The predicted octanol–water partition coefficient (Wildman–Crippen LogP) is 6.09. The van der Waals surface area contributed by atoms with Gasteiger partial charge in [-0.3, -0.25) is 14.8 Å². The van der Waals surface area contributed by atoms with Gasteiger partial charge in [0.2, 0.25) is 0 Å². The van der Waals surface area contributed by atoms with Gasteiger partial charge in [0.25, 0.3) is 0 Å². The SMILES string of the molecule is C=C(F)C(O)N1CCN(c2nc(OCC3CCN3C(C)(C)C)nc3c(F)c(-c4cccc5cccc(Cl)c45)ncc23)C[C@@H]1CC#N. The van der Waals surface area contributed by atoms with Crippen molar-refractivity contribution in [1.29, 1.82) is 5.26 Å². The highest BCUT2D eigenvalue weighted by atomic mass is 35.5. The van der Waals surface area contributed by atoms with Gasteiger partial charge in [0, 0.05) is 66.0 Å². The Labute approximate surface area is 271 Å². The summed E-state index contributed by atoms with van der Waals surface area (Å²) in [5.41, 5.74) is 0.630. The largest absolute Gasteiger partial charge is 0.462 e. The second-order valence-electron chi connectivity index (χ2n) is 12.8. The highest BCUT2D eigenvalue weighted by Crippen LogP contribution is 2.38. The molecule has 2 aliphatic rings. The molecule has 2 aromatic carbocycles. The van der Waals surface area contributed by atoms with Crippen molar-refractivity contribution in [1.82, 2.24) is 24.8 Å². The van der Waals surface area contributed by atoms with Crippen LogP contribution in [0.1, 0.15) is 33.6 Å². The maximum Gasteiger partial charge on any atom is 0.319 e. The number of rotatable bonds is 8. The number of hydrogen-bond acceptors (Lipinski definition) is 9. The molecule has 46 heavy (non-hydrogen) atoms. The van der Waals surface area contributed by atoms with Gasteiger partial charge in [-0.1, -0.05) is 48.5 Å². The first kappa shape index (κ1) is 32.0. The van der Waals surface area contributed by atoms with E-state index in [1.165, 1.54) is 4.90 Å². The van der Waals surface area contributed by atoms with E-state index in [-0.39, 0.29) is 48.3 Å². The summed E-state index contributed by atoms with van der Waals surface area (Å²) in [7, 11) is 0. The monoisotopic (exact) mass is 647 g/mol. The molecule has 2 aromatic heterocycles. The molecule has 0 radical (unpaired) electrons. The standard InChI is InChI=1S/C34H36ClF2N7O2/c1-20(36)32(45)43-16-15-42(18-22(43)11-13-38)31-25-17-39-29(24-9-5-7-21-8-6-10-26(35)27(21)24)28(37)30(25)40-33(41-31)46-19-23-12-14-44(23)34(2,3)4/h5-10,17,22-23,32,45H,1,11-12,14-16,18-19H2,2-4H3/t22-,23?,32?/m0/s1. The molecule has 4 aromatic rings. The van der Waals surface area contributed by atoms with Crippen molar-refractivity contribution in [2.24, 2.45) is 0 Å². The Morgan fingerprint density at radius 1 is 1.17 bits per heavy atom. The molecule has 240 valence electrons. The molecule has 12 heteroatoms. The first-order chi connectivity index (χ1) is 22.0. The molecule has 6 rings (SSSR count). The Kier molecular flexibility index (Phi) is 8.83. The Morgan fingerprint density at radius 3 is 2.61 bits per heavy atom. The number of aromatic nitrogens is 3. The number of halogens is 3. The third-order valence-corrected chi connectivity index (χ3v) is 9.23. The Bertz CT molecular complexity index is 1840. The van der Waals surface area contributed by atoms with Crippen LogP contribution in [0, 0.1) is 17.1 Å². The lowest BCUT2D eigenvalue weighted by atomic mass is 9.94. The van der Waals surface area contributed by atoms with Crippen LogP contribution < -0.4 is 9.64 Å². The number of likely N-dealkylation sites (tertiary alicyclic amines) is 1. The Balaban J connectivity index is 1.43. The summed E-state index contributed by atoms with van der Waals surface area (Å²) >= 11 is 6.58. The first-order valence-electron chi connectivity index (χ1n) is 15.3. The van der Waals surface area contributed by atoms with Crippen molar-refractivity contribution in [3.63, 3.8) is 0 Å². The third kappa shape index (κ3) is 5.98. The number of hydrogen-bond donors (Lipinski definition) is 1. The molecule has 2 saturated heterocycles. The second-order valence-corrected chi connectivity index (χ2v) is 13.2. The fourth-order valence-corrected chi connectivity index (χ4v) is 6.81. The van der Waals surface area contributed by atoms with Crippen LogP contribution in [-0.2, 0) is 0 Å². The molecule has 3 atom stereocenters. The van der Waals surface area contributed by atoms with E-state index in [4.69, 9.17) is 21.3 Å². The zero-order valence-electron chi connectivity index (χ0n) is 26.1. The normalized spacial score (nSPS) is 20.0. The molecular weight excluding hydrogens is 612 g/mol. The average Bonchev–Trinajstić information content (AvgIpc) is 2.99. The molecular formula is C34H36ClF2N7O2. The van der Waals surface area contributed by atoms with E-state index in [1.54, 1.807) is 18.3 Å². The summed E-state index contributed by atoms with van der Waals surface area (Å²) in [6.07, 6.45) is 0.988. The van der Waals surface area contributed by atoms with E-state index < -0.39 is 23.9 Å². The van der Waals surface area contributed by atoms with Gasteiger partial charge < -0.3 is 14.7 Å². The van der Waals surface area contributed by atoms with E-state index in [2.05, 4.69) is 48.3 Å². The summed E-state index contributed by atoms with van der Waals surface area (Å²) in [6.45, 7) is 11.7. The summed E-state index contributed by atoms with van der Waals surface area (Å²) < 4.78 is 36.8. The van der Waals surface area contributed by atoms with Crippen molar-refractivity contribution in [3.05, 3.63) is 65.8 Å². The number of anilines is 1. The number of fused-ring (bicyclic) bond motifs is 2. The van der Waals surface area contributed by atoms with Crippen LogP contribution in [0.5, 0.6) is 6.01 Å². The number of aliphatic hydroxyl groups excluding tert-OH is 1. The fourth-order valence-electron chi connectivity index (χ4n) is 6.53. The predicted molar refractivity (Wildman–Crippen MR) is 175 cm³/mol. The van der Waals surface area contributed by atoms with Crippen LogP contribution in [0.3, 0.4) is 0 Å². The zero-order valence-corrected chi connectivity index (χ0v) is 26.8. The van der Waals surface area contributed by atoms with Crippen LogP contribution in [-0.4, -0.2) is 86.5 Å². The number of benzene rings is 2. The van der Waals surface area contributed by atoms with Gasteiger partial charge in [-0.15, -0.1) is 0 Å². The summed E-state index contributed by atoms with van der Waals surface area (Å²) in [4.78, 5) is 19.6. The van der Waals surface area contributed by atoms with Gasteiger partial charge in [-0.2, -0.15) is 15.2 Å². The lowest BCUT2D eigenvalue weighted by Crippen LogP contribution is -2.59. The molecule has 0 spiro atoms. The van der Waals surface area contributed by atoms with Crippen LogP contribution in [0.25, 0.3) is 32.9 Å². The minimum atomic E-state index is -1.54. The molecule has 0 saturated carbocycles. The molecule has 4 heterocycles. The highest BCUT2D eigenvalue weighted by molar-refractivity contribution is 6.36. The molecule has 2 aliphatic heterocycles. The maximum atomic E-state index is 16.7. The van der Waals surface area contributed by atoms with E-state index in [0.717, 1.165) is 18.4 Å². The number of aliphatic hydroxyl groups is 1. The lowest BCUT2D eigenvalue weighted by molar-refractivity contribution is -0.0223. The van der Waals surface area contributed by atoms with E-state index >= 15 is 4.39 Å². The van der Waals surface area contributed by atoms with Gasteiger partial charge in [0.15, 0.2) is 12.0 Å². The topological polar surface area (TPSA) is 102 Å². The Hall–Kier alpha value is -3.95. The van der Waals surface area contributed by atoms with E-state index in [9.17, 15) is 14.8 Å². The molecule has 0 amide bonds. The number of pyridine rings is 1. The minimum Gasteiger partial charge on any atom is -0.462 e. The van der Waals surface area contributed by atoms with Crippen LogP contribution in [0.2, 0.25) is 5.02 Å². The molecule has 2 unspecified atom stereocenters. The number of nitrogens with zero attached hydrogens (tertiary/aromatic N) is 7. The third-order valence-electron chi connectivity index (χ3n) is 8.91. The minimum absolute atomic E-state index is 0.0201. The molecule has 9 nitrogen and oxygen atoms in total. The molecule has 0 bridgehead atoms. The van der Waals surface area contributed by atoms with Gasteiger partial charge in [-0.25, -0.2) is 8.78 Å². The Morgan fingerprint density at radius 2 is 1.93 bits per heavy atom. The fraction of sp³-hybridized carbons (Fsp3) is 0.412. The molecule has 2 fully saturated rings. The van der Waals surface area contributed by atoms with Crippen molar-refractivity contribution >= 4 is 39.1 Å². The smallest absolute Gasteiger partial charge is 0.319 e. The lowest BCUT2D eigenvalue weighted by Gasteiger charge is -2.49. The van der Waals surface area contributed by atoms with E-state index in [0.29, 0.717) is 40.3 Å². The van der Waals surface area contributed by atoms with Crippen LogP contribution >= 0.6 is 11.6 Å². The van der Waals surface area contributed by atoms with Crippen molar-refractivity contribution in [2.45, 2.75) is 57.5 Å². The van der Waals surface area contributed by atoms with Crippen molar-refractivity contribution in [2.75, 3.05) is 37.7 Å². The van der Waals surface area contributed by atoms with Gasteiger partial charge in [0.1, 0.15) is 29.5 Å². The number of nitriles is 1. The highest BCUT2D eigenvalue weighted by Gasteiger charge is 2.37. The van der Waals surface area contributed by atoms with Gasteiger partial charge in [-0.05, 0) is 38.6 Å². The first-order valence-corrected chi connectivity index (χ1v) is 15.7. The van der Waals surface area contributed by atoms with Crippen LogP contribution in [0.4, 0.5) is 14.6 Å². The summed E-state index contributed by atoms with van der Waals surface area (Å²) in [5, 5.41) is 22.3. The molecule has 0 aliphatic carbocycles. The number of ether oxygens (including phenoxy) is 1. The zero-order chi connectivity index (χ0) is 32.7.